The zero-order valence-electron chi connectivity index (χ0n) is 7.97. The Morgan fingerprint density at radius 2 is 2.46 bits per heavy atom. The van der Waals surface area contributed by atoms with Gasteiger partial charge in [0, 0.05) is 12.1 Å². The molecule has 0 amide bonds. The first-order valence-corrected chi connectivity index (χ1v) is 5.41. The van der Waals surface area contributed by atoms with Crippen LogP contribution in [-0.4, -0.2) is 26.3 Å². The fraction of sp³-hybridized carbons (Fsp3) is 0.800. The van der Waals surface area contributed by atoms with Crippen molar-refractivity contribution in [3.8, 4) is 0 Å². The van der Waals surface area contributed by atoms with E-state index in [9.17, 15) is 0 Å². The summed E-state index contributed by atoms with van der Waals surface area (Å²) in [7, 11) is 0. The van der Waals surface area contributed by atoms with Crippen LogP contribution in [0.3, 0.4) is 0 Å². The molecule has 1 atom stereocenters. The first kappa shape index (κ1) is 11.0. The molecule has 1 saturated heterocycles. The van der Waals surface area contributed by atoms with Gasteiger partial charge in [-0.25, -0.2) is 0 Å². The fourth-order valence-electron chi connectivity index (χ4n) is 1.61. The minimum atomic E-state index is 0.643. The van der Waals surface area contributed by atoms with Crippen LogP contribution >= 0.6 is 11.6 Å². The molecule has 1 heterocycles. The van der Waals surface area contributed by atoms with E-state index in [2.05, 4.69) is 5.32 Å². The smallest absolute Gasteiger partial charge is 0.0658 e. The van der Waals surface area contributed by atoms with Crippen LogP contribution in [0.5, 0.6) is 0 Å². The fourth-order valence-corrected chi connectivity index (χ4v) is 1.68. The number of hydrogen-bond acceptors (Lipinski definition) is 2. The average molecular weight is 204 g/mol. The van der Waals surface area contributed by atoms with Crippen LogP contribution in [-0.2, 0) is 4.74 Å². The van der Waals surface area contributed by atoms with E-state index < -0.39 is 0 Å². The average Bonchev–Trinajstić information content (AvgIpc) is 2.19. The van der Waals surface area contributed by atoms with E-state index in [0.29, 0.717) is 6.61 Å². The molecule has 0 aromatic rings. The Balaban J connectivity index is 1.92. The van der Waals surface area contributed by atoms with Gasteiger partial charge in [-0.1, -0.05) is 11.6 Å². The topological polar surface area (TPSA) is 21.3 Å². The van der Waals surface area contributed by atoms with Gasteiger partial charge in [0.15, 0.2) is 0 Å². The van der Waals surface area contributed by atoms with Gasteiger partial charge in [0.05, 0.1) is 6.61 Å². The van der Waals surface area contributed by atoms with E-state index in [-0.39, 0.29) is 0 Å². The van der Waals surface area contributed by atoms with Gasteiger partial charge in [0.2, 0.25) is 0 Å². The monoisotopic (exact) mass is 203 g/mol. The van der Waals surface area contributed by atoms with E-state index in [1.165, 1.54) is 31.3 Å². The summed E-state index contributed by atoms with van der Waals surface area (Å²) in [6, 6.07) is 0. The molecule has 0 spiro atoms. The number of nitrogens with one attached hydrogen (secondary N) is 1. The number of halogens is 1. The van der Waals surface area contributed by atoms with Gasteiger partial charge in [-0.05, 0) is 44.3 Å². The van der Waals surface area contributed by atoms with Crippen LogP contribution in [0.25, 0.3) is 0 Å². The lowest BCUT2D eigenvalue weighted by molar-refractivity contribution is 0.139. The van der Waals surface area contributed by atoms with Crippen molar-refractivity contribution in [2.75, 3.05) is 26.3 Å². The molecule has 1 unspecified atom stereocenters. The summed E-state index contributed by atoms with van der Waals surface area (Å²) >= 11 is 5.36. The van der Waals surface area contributed by atoms with Crippen molar-refractivity contribution in [2.24, 2.45) is 5.92 Å². The lowest BCUT2D eigenvalue weighted by atomic mass is 9.97. The van der Waals surface area contributed by atoms with E-state index in [1.54, 1.807) is 0 Å². The maximum atomic E-state index is 5.38. The zero-order chi connectivity index (χ0) is 9.36. The summed E-state index contributed by atoms with van der Waals surface area (Å²) in [5.41, 5.74) is 1.50. The summed E-state index contributed by atoms with van der Waals surface area (Å²) in [4.78, 5) is 0. The normalized spacial score (nSPS) is 23.9. The Bertz CT molecular complexity index is 144. The Morgan fingerprint density at radius 3 is 3.15 bits per heavy atom. The SMILES string of the molecule is ClC=CCOCCC1CCCNC1. The molecule has 2 nitrogen and oxygen atoms in total. The van der Waals surface area contributed by atoms with Crippen molar-refractivity contribution < 1.29 is 4.74 Å². The first-order chi connectivity index (χ1) is 6.43. The molecule has 1 N–H and O–H groups in total. The number of ether oxygens (including phenoxy) is 1. The maximum absolute atomic E-state index is 5.38. The molecule has 3 heteroatoms. The van der Waals surface area contributed by atoms with Gasteiger partial charge in [0.1, 0.15) is 0 Å². The lowest BCUT2D eigenvalue weighted by Gasteiger charge is -2.22. The predicted octanol–water partition coefficient (Wildman–Crippen LogP) is 2.15. The Hall–Kier alpha value is -0.0500. The summed E-state index contributed by atoms with van der Waals surface area (Å²) in [5, 5.41) is 3.40. The van der Waals surface area contributed by atoms with Crippen molar-refractivity contribution in [2.45, 2.75) is 19.3 Å². The molecular formula is C10H18ClNO. The van der Waals surface area contributed by atoms with Crippen molar-refractivity contribution >= 4 is 11.6 Å². The van der Waals surface area contributed by atoms with Crippen LogP contribution in [0.4, 0.5) is 0 Å². The minimum Gasteiger partial charge on any atom is -0.377 e. The highest BCUT2D eigenvalue weighted by Gasteiger charge is 2.11. The summed E-state index contributed by atoms with van der Waals surface area (Å²) < 4.78 is 5.38. The molecule has 0 aliphatic carbocycles. The Morgan fingerprint density at radius 1 is 1.54 bits per heavy atom. The van der Waals surface area contributed by atoms with Crippen LogP contribution in [0.2, 0.25) is 0 Å². The third-order valence-corrected chi connectivity index (χ3v) is 2.55. The molecule has 0 bridgehead atoms. The van der Waals surface area contributed by atoms with Gasteiger partial charge in [0.25, 0.3) is 0 Å². The highest BCUT2D eigenvalue weighted by Crippen LogP contribution is 2.13. The summed E-state index contributed by atoms with van der Waals surface area (Å²) in [5.74, 6) is 0.814. The molecular weight excluding hydrogens is 186 g/mol. The molecule has 1 aliphatic heterocycles. The van der Waals surface area contributed by atoms with Gasteiger partial charge < -0.3 is 10.1 Å². The lowest BCUT2D eigenvalue weighted by Crippen LogP contribution is -2.30. The second-order valence-corrected chi connectivity index (χ2v) is 3.69. The Labute approximate surface area is 85.3 Å². The molecule has 1 rings (SSSR count). The molecule has 0 aromatic heterocycles. The predicted molar refractivity (Wildman–Crippen MR) is 56.0 cm³/mol. The van der Waals surface area contributed by atoms with E-state index >= 15 is 0 Å². The molecule has 1 fully saturated rings. The van der Waals surface area contributed by atoms with Gasteiger partial charge in [-0.2, -0.15) is 0 Å². The molecule has 13 heavy (non-hydrogen) atoms. The van der Waals surface area contributed by atoms with Crippen LogP contribution < -0.4 is 5.32 Å². The molecule has 1 aliphatic rings. The van der Waals surface area contributed by atoms with Crippen molar-refractivity contribution in [1.82, 2.24) is 5.32 Å². The number of hydrogen-bond donors (Lipinski definition) is 1. The van der Waals surface area contributed by atoms with E-state index in [1.807, 2.05) is 6.08 Å². The number of piperidine rings is 1. The summed E-state index contributed by atoms with van der Waals surface area (Å²) in [6.07, 6.45) is 5.65. The van der Waals surface area contributed by atoms with Crippen molar-refractivity contribution in [3.05, 3.63) is 11.6 Å². The third-order valence-electron chi connectivity index (χ3n) is 2.37. The van der Waals surface area contributed by atoms with Gasteiger partial charge in [-0.3, -0.25) is 0 Å². The second kappa shape index (κ2) is 7.36. The summed E-state index contributed by atoms with van der Waals surface area (Å²) in [6.45, 7) is 3.85. The first-order valence-electron chi connectivity index (χ1n) is 4.97. The van der Waals surface area contributed by atoms with E-state index in [4.69, 9.17) is 16.3 Å². The van der Waals surface area contributed by atoms with Crippen LogP contribution in [0, 0.1) is 5.92 Å². The second-order valence-electron chi connectivity index (χ2n) is 3.44. The quantitative estimate of drug-likeness (QED) is 0.692. The van der Waals surface area contributed by atoms with Gasteiger partial charge in [-0.15, -0.1) is 0 Å². The standard InChI is InChI=1S/C10H18ClNO/c11-5-2-7-13-8-4-10-3-1-6-12-9-10/h2,5,10,12H,1,3-4,6-9H2. The van der Waals surface area contributed by atoms with Crippen LogP contribution in [0.15, 0.2) is 11.6 Å². The van der Waals surface area contributed by atoms with Crippen molar-refractivity contribution in [1.29, 1.82) is 0 Å². The zero-order valence-corrected chi connectivity index (χ0v) is 8.72. The third kappa shape index (κ3) is 5.29. The highest BCUT2D eigenvalue weighted by molar-refractivity contribution is 6.25. The van der Waals surface area contributed by atoms with Crippen LogP contribution in [0.1, 0.15) is 19.3 Å². The minimum absolute atomic E-state index is 0.643. The highest BCUT2D eigenvalue weighted by atomic mass is 35.5. The molecule has 0 saturated carbocycles. The largest absolute Gasteiger partial charge is 0.377 e. The number of rotatable bonds is 5. The van der Waals surface area contributed by atoms with E-state index in [0.717, 1.165) is 19.1 Å². The molecule has 0 radical (unpaired) electrons. The molecule has 76 valence electrons. The molecule has 0 aromatic carbocycles. The van der Waals surface area contributed by atoms with Gasteiger partial charge >= 0.3 is 0 Å². The van der Waals surface area contributed by atoms with Crippen molar-refractivity contribution in [3.63, 3.8) is 0 Å². The maximum Gasteiger partial charge on any atom is 0.0658 e. The Kier molecular flexibility index (Phi) is 6.25.